The monoisotopic (exact) mass is 445 g/mol. The van der Waals surface area contributed by atoms with Crippen molar-refractivity contribution in [2.24, 2.45) is 16.3 Å². The number of ketones is 1. The summed E-state index contributed by atoms with van der Waals surface area (Å²) in [5, 5.41) is 0. The maximum Gasteiger partial charge on any atom is 0.315 e. The van der Waals surface area contributed by atoms with Crippen molar-refractivity contribution in [3.05, 3.63) is 70.9 Å². The fourth-order valence-corrected chi connectivity index (χ4v) is 5.04. The number of Topliss-reactive ketones (excluding diaryl/α,β-unsaturated/α-hetero) is 1. The van der Waals surface area contributed by atoms with E-state index < -0.39 is 11.8 Å². The average Bonchev–Trinajstić information content (AvgIpc) is 3.24. The van der Waals surface area contributed by atoms with Crippen molar-refractivity contribution in [2.45, 2.75) is 46.1 Å². The van der Waals surface area contributed by atoms with E-state index in [2.05, 4.69) is 13.8 Å². The molecule has 2 aromatic carbocycles. The highest BCUT2D eigenvalue weighted by atomic mass is 16.7. The molecule has 0 fully saturated rings. The highest BCUT2D eigenvalue weighted by Gasteiger charge is 2.46. The zero-order valence-electron chi connectivity index (χ0n) is 19.1. The Balaban J connectivity index is 1.54. The van der Waals surface area contributed by atoms with Crippen LogP contribution in [0.25, 0.3) is 0 Å². The quantitative estimate of drug-likeness (QED) is 0.621. The van der Waals surface area contributed by atoms with E-state index in [1.807, 2.05) is 55.5 Å². The molecule has 0 bridgehead atoms. The molecule has 0 aromatic heterocycles. The molecule has 2 aromatic rings. The van der Waals surface area contributed by atoms with Gasteiger partial charge in [-0.2, -0.15) is 0 Å². The third-order valence-corrected chi connectivity index (χ3v) is 6.54. The molecule has 0 radical (unpaired) electrons. The molecular formula is C27H27NO5. The lowest BCUT2D eigenvalue weighted by Crippen LogP contribution is -2.39. The average molecular weight is 446 g/mol. The van der Waals surface area contributed by atoms with Crippen LogP contribution in [0.3, 0.4) is 0 Å². The summed E-state index contributed by atoms with van der Waals surface area (Å²) in [6, 6.07) is 15.2. The maximum absolute atomic E-state index is 13.4. The van der Waals surface area contributed by atoms with Crippen molar-refractivity contribution < 1.29 is 23.8 Å². The zero-order chi connectivity index (χ0) is 23.2. The molecule has 2 atom stereocenters. The first-order chi connectivity index (χ1) is 15.8. The molecule has 2 aliphatic heterocycles. The fraction of sp³-hybridized carbons (Fsp3) is 0.370. The Labute approximate surface area is 193 Å². The van der Waals surface area contributed by atoms with Crippen LogP contribution in [0.2, 0.25) is 0 Å². The molecule has 1 unspecified atom stereocenters. The lowest BCUT2D eigenvalue weighted by molar-refractivity contribution is -0.148. The van der Waals surface area contributed by atoms with Gasteiger partial charge in [-0.25, -0.2) is 0 Å². The number of hydrogen-bond acceptors (Lipinski definition) is 6. The van der Waals surface area contributed by atoms with Gasteiger partial charge in [-0.3, -0.25) is 14.6 Å². The van der Waals surface area contributed by atoms with Gasteiger partial charge in [-0.1, -0.05) is 50.2 Å². The molecule has 0 spiro atoms. The van der Waals surface area contributed by atoms with Crippen molar-refractivity contribution in [2.75, 3.05) is 6.79 Å². The number of carbonyl (C=O) groups excluding carboxylic acids is 2. The van der Waals surface area contributed by atoms with Gasteiger partial charge < -0.3 is 14.2 Å². The lowest BCUT2D eigenvalue weighted by atomic mass is 9.67. The Bertz CT molecular complexity index is 1180. The van der Waals surface area contributed by atoms with Gasteiger partial charge in [-0.15, -0.1) is 0 Å². The first-order valence-corrected chi connectivity index (χ1v) is 11.2. The minimum Gasteiger partial charge on any atom is -0.460 e. The van der Waals surface area contributed by atoms with Gasteiger partial charge in [0.25, 0.3) is 0 Å². The summed E-state index contributed by atoms with van der Waals surface area (Å²) in [6.45, 7) is 6.34. The molecule has 0 saturated heterocycles. The van der Waals surface area contributed by atoms with Gasteiger partial charge >= 0.3 is 5.97 Å². The topological polar surface area (TPSA) is 74.2 Å². The van der Waals surface area contributed by atoms with E-state index in [0.29, 0.717) is 35.6 Å². The molecular weight excluding hydrogens is 418 g/mol. The summed E-state index contributed by atoms with van der Waals surface area (Å²) in [6.07, 6.45) is 1.12. The third kappa shape index (κ3) is 4.06. The van der Waals surface area contributed by atoms with Gasteiger partial charge in [0.05, 0.1) is 0 Å². The van der Waals surface area contributed by atoms with Crippen LogP contribution in [0.5, 0.6) is 11.5 Å². The Morgan fingerprint density at radius 1 is 1.09 bits per heavy atom. The minimum atomic E-state index is -0.682. The Morgan fingerprint density at radius 2 is 1.85 bits per heavy atom. The van der Waals surface area contributed by atoms with Crippen LogP contribution in [-0.2, 0) is 20.9 Å². The number of benzene rings is 2. The summed E-state index contributed by atoms with van der Waals surface area (Å²) >= 11 is 0. The molecule has 0 amide bonds. The Kier molecular flexibility index (Phi) is 5.31. The highest BCUT2D eigenvalue weighted by molar-refractivity contribution is 6.09. The molecule has 0 N–H and O–H groups in total. The smallest absolute Gasteiger partial charge is 0.315 e. The number of hydrogen-bond donors (Lipinski definition) is 0. The zero-order valence-corrected chi connectivity index (χ0v) is 19.1. The van der Waals surface area contributed by atoms with Crippen molar-refractivity contribution in [3.8, 4) is 11.5 Å². The summed E-state index contributed by atoms with van der Waals surface area (Å²) in [5.74, 6) is -0.215. The number of allylic oxidation sites excluding steroid dienone is 2. The van der Waals surface area contributed by atoms with Crippen molar-refractivity contribution >= 4 is 17.5 Å². The second kappa shape index (κ2) is 8.18. The van der Waals surface area contributed by atoms with Crippen LogP contribution < -0.4 is 9.47 Å². The predicted octanol–water partition coefficient (Wildman–Crippen LogP) is 4.98. The Hall–Kier alpha value is -3.41. The number of fused-ring (bicyclic) bond motifs is 1. The van der Waals surface area contributed by atoms with E-state index in [0.717, 1.165) is 16.8 Å². The molecule has 6 nitrogen and oxygen atoms in total. The van der Waals surface area contributed by atoms with E-state index in [9.17, 15) is 9.59 Å². The second-order valence-electron chi connectivity index (χ2n) is 9.72. The van der Waals surface area contributed by atoms with E-state index in [1.54, 1.807) is 0 Å². The molecule has 2 heterocycles. The van der Waals surface area contributed by atoms with Crippen LogP contribution in [0, 0.1) is 11.3 Å². The summed E-state index contributed by atoms with van der Waals surface area (Å²) in [7, 11) is 0. The first-order valence-electron chi connectivity index (χ1n) is 11.2. The Morgan fingerprint density at radius 3 is 2.64 bits per heavy atom. The van der Waals surface area contributed by atoms with Crippen LogP contribution in [0.15, 0.2) is 64.8 Å². The van der Waals surface area contributed by atoms with E-state index >= 15 is 0 Å². The van der Waals surface area contributed by atoms with Crippen LogP contribution in [-0.4, -0.2) is 24.3 Å². The van der Waals surface area contributed by atoms with Gasteiger partial charge in [-0.05, 0) is 42.0 Å². The van der Waals surface area contributed by atoms with Crippen LogP contribution in [0.1, 0.15) is 50.7 Å². The number of rotatable bonds is 4. The van der Waals surface area contributed by atoms with Gasteiger partial charge in [0, 0.05) is 29.3 Å². The number of nitrogens with zero attached hydrogens (tertiary/aromatic N) is 1. The molecule has 33 heavy (non-hydrogen) atoms. The van der Waals surface area contributed by atoms with Crippen LogP contribution >= 0.6 is 0 Å². The SMILES string of the molecule is CC1=NC2=C(C(=O)CC(C)(C)C2)[C@H](c2ccc3c(c2)OCO3)C1C(=O)OCc1ccccc1. The maximum atomic E-state index is 13.4. The van der Waals surface area contributed by atoms with Crippen molar-refractivity contribution in [1.82, 2.24) is 0 Å². The second-order valence-corrected chi connectivity index (χ2v) is 9.72. The normalized spacial score (nSPS) is 23.1. The molecule has 3 aliphatic rings. The van der Waals surface area contributed by atoms with Crippen LogP contribution in [0.4, 0.5) is 0 Å². The molecule has 6 heteroatoms. The van der Waals surface area contributed by atoms with Crippen molar-refractivity contribution in [3.63, 3.8) is 0 Å². The largest absolute Gasteiger partial charge is 0.460 e. The van der Waals surface area contributed by atoms with E-state index in [4.69, 9.17) is 19.2 Å². The number of aliphatic imine (C=N–C) groups is 1. The van der Waals surface area contributed by atoms with E-state index in [-0.39, 0.29) is 30.6 Å². The third-order valence-electron chi connectivity index (χ3n) is 6.54. The summed E-state index contributed by atoms with van der Waals surface area (Å²) < 4.78 is 16.8. The summed E-state index contributed by atoms with van der Waals surface area (Å²) in [5.41, 5.74) is 3.64. The van der Waals surface area contributed by atoms with Gasteiger partial charge in [0.2, 0.25) is 6.79 Å². The molecule has 0 saturated carbocycles. The lowest BCUT2D eigenvalue weighted by Gasteiger charge is -2.39. The molecule has 170 valence electrons. The van der Waals surface area contributed by atoms with Crippen molar-refractivity contribution in [1.29, 1.82) is 0 Å². The van der Waals surface area contributed by atoms with E-state index in [1.165, 1.54) is 0 Å². The van der Waals surface area contributed by atoms with Gasteiger partial charge in [0.1, 0.15) is 12.5 Å². The highest BCUT2D eigenvalue weighted by Crippen LogP contribution is 2.49. The number of ether oxygens (including phenoxy) is 3. The molecule has 5 rings (SSSR count). The fourth-order valence-electron chi connectivity index (χ4n) is 5.04. The predicted molar refractivity (Wildman–Crippen MR) is 123 cm³/mol. The first kappa shape index (κ1) is 21.4. The standard InChI is InChI=1S/C27H27NO5/c1-16-23(26(30)31-14-17-7-5-4-6-8-17)24(18-9-10-21-22(11-18)33-15-32-21)25-19(28-16)12-27(2,3)13-20(25)29/h4-11,23-24H,12-15H2,1-3H3/t23?,24-/m1/s1. The number of carbonyl (C=O) groups is 2. The molecule has 1 aliphatic carbocycles. The minimum absolute atomic E-state index is 0.0426. The summed E-state index contributed by atoms with van der Waals surface area (Å²) in [4.78, 5) is 31.6. The number of esters is 1. The van der Waals surface area contributed by atoms with Gasteiger partial charge in [0.15, 0.2) is 17.3 Å².